The molecule has 0 bridgehead atoms. The first kappa shape index (κ1) is 8.65. The molecule has 1 saturated heterocycles. The van der Waals surface area contributed by atoms with E-state index in [4.69, 9.17) is 4.74 Å². The molecule has 2 heterocycles. The second-order valence-electron chi connectivity index (χ2n) is 2.85. The molecule has 2 rings (SSSR count). The van der Waals surface area contributed by atoms with Gasteiger partial charge < -0.3 is 9.64 Å². The van der Waals surface area contributed by atoms with E-state index in [1.807, 2.05) is 5.38 Å². The number of aromatic nitrogens is 1. The molecule has 1 amide bonds. The SMILES string of the molecule is O=C1COCCN1Cc1cscn1. The summed E-state index contributed by atoms with van der Waals surface area (Å²) in [7, 11) is 0. The fourth-order valence-corrected chi connectivity index (χ4v) is 1.78. The van der Waals surface area contributed by atoms with E-state index in [2.05, 4.69) is 4.98 Å². The monoisotopic (exact) mass is 198 g/mol. The summed E-state index contributed by atoms with van der Waals surface area (Å²) in [5, 5.41) is 1.96. The van der Waals surface area contributed by atoms with Crippen molar-refractivity contribution in [1.82, 2.24) is 9.88 Å². The first-order valence-corrected chi connectivity index (χ1v) is 5.03. The summed E-state index contributed by atoms with van der Waals surface area (Å²) in [5.74, 6) is 0.0549. The van der Waals surface area contributed by atoms with Crippen molar-refractivity contribution in [2.24, 2.45) is 0 Å². The summed E-state index contributed by atoms with van der Waals surface area (Å²) in [4.78, 5) is 17.2. The minimum absolute atomic E-state index is 0.0549. The lowest BCUT2D eigenvalue weighted by molar-refractivity contribution is -0.143. The van der Waals surface area contributed by atoms with E-state index in [0.717, 1.165) is 5.69 Å². The summed E-state index contributed by atoms with van der Waals surface area (Å²) in [6.07, 6.45) is 0. The number of hydrogen-bond acceptors (Lipinski definition) is 4. The van der Waals surface area contributed by atoms with Crippen LogP contribution in [0.4, 0.5) is 0 Å². The number of nitrogens with zero attached hydrogens (tertiary/aromatic N) is 2. The molecule has 0 N–H and O–H groups in total. The van der Waals surface area contributed by atoms with Gasteiger partial charge in [-0.25, -0.2) is 4.98 Å². The van der Waals surface area contributed by atoms with Crippen LogP contribution in [0.15, 0.2) is 10.9 Å². The van der Waals surface area contributed by atoms with E-state index in [1.54, 1.807) is 21.7 Å². The number of morpholine rings is 1. The van der Waals surface area contributed by atoms with Crippen molar-refractivity contribution >= 4 is 17.2 Å². The average Bonchev–Trinajstić information content (AvgIpc) is 2.61. The molecule has 0 spiro atoms. The molecule has 0 saturated carbocycles. The van der Waals surface area contributed by atoms with Crippen LogP contribution >= 0.6 is 11.3 Å². The van der Waals surface area contributed by atoms with Crippen LogP contribution in [-0.4, -0.2) is 35.5 Å². The Balaban J connectivity index is 1.97. The highest BCUT2D eigenvalue weighted by Gasteiger charge is 2.18. The van der Waals surface area contributed by atoms with Crippen molar-refractivity contribution in [2.45, 2.75) is 6.54 Å². The van der Waals surface area contributed by atoms with Gasteiger partial charge in [-0.2, -0.15) is 0 Å². The van der Waals surface area contributed by atoms with Gasteiger partial charge in [-0.15, -0.1) is 11.3 Å². The van der Waals surface area contributed by atoms with E-state index < -0.39 is 0 Å². The molecular formula is C8H10N2O2S. The van der Waals surface area contributed by atoms with Crippen molar-refractivity contribution in [3.63, 3.8) is 0 Å². The first-order valence-electron chi connectivity index (χ1n) is 4.09. The quantitative estimate of drug-likeness (QED) is 0.695. The van der Waals surface area contributed by atoms with Crippen LogP contribution in [0.2, 0.25) is 0 Å². The maximum atomic E-state index is 11.3. The van der Waals surface area contributed by atoms with Crippen LogP contribution in [-0.2, 0) is 16.1 Å². The third kappa shape index (κ3) is 2.05. The normalized spacial score (nSPS) is 17.8. The lowest BCUT2D eigenvalue weighted by atomic mass is 10.3. The van der Waals surface area contributed by atoms with Gasteiger partial charge >= 0.3 is 0 Å². The van der Waals surface area contributed by atoms with Gasteiger partial charge in [-0.3, -0.25) is 4.79 Å². The number of rotatable bonds is 2. The number of carbonyl (C=O) groups is 1. The Bertz CT molecular complexity index is 286. The minimum atomic E-state index is 0.0549. The lowest BCUT2D eigenvalue weighted by Gasteiger charge is -2.25. The third-order valence-corrected chi connectivity index (χ3v) is 2.56. The predicted octanol–water partition coefficient (Wildman–Crippen LogP) is 0.502. The van der Waals surface area contributed by atoms with Crippen molar-refractivity contribution < 1.29 is 9.53 Å². The predicted molar refractivity (Wildman–Crippen MR) is 48.4 cm³/mol. The van der Waals surface area contributed by atoms with E-state index >= 15 is 0 Å². The van der Waals surface area contributed by atoms with Gasteiger partial charge in [0.1, 0.15) is 6.61 Å². The topological polar surface area (TPSA) is 42.4 Å². The number of hydrogen-bond donors (Lipinski definition) is 0. The number of ether oxygens (including phenoxy) is 1. The molecular weight excluding hydrogens is 188 g/mol. The van der Waals surface area contributed by atoms with Crippen molar-refractivity contribution in [3.8, 4) is 0 Å². The molecule has 0 unspecified atom stereocenters. The van der Waals surface area contributed by atoms with Crippen LogP contribution in [0, 0.1) is 0 Å². The van der Waals surface area contributed by atoms with Crippen molar-refractivity contribution in [3.05, 3.63) is 16.6 Å². The summed E-state index contributed by atoms with van der Waals surface area (Å²) >= 11 is 1.55. The van der Waals surface area contributed by atoms with Gasteiger partial charge in [-0.1, -0.05) is 0 Å². The van der Waals surface area contributed by atoms with Crippen LogP contribution in [0.3, 0.4) is 0 Å². The van der Waals surface area contributed by atoms with Gasteiger partial charge in [-0.05, 0) is 0 Å². The zero-order chi connectivity index (χ0) is 9.10. The second-order valence-corrected chi connectivity index (χ2v) is 3.57. The van der Waals surface area contributed by atoms with Crippen LogP contribution in [0.5, 0.6) is 0 Å². The summed E-state index contributed by atoms with van der Waals surface area (Å²) < 4.78 is 5.02. The zero-order valence-corrected chi connectivity index (χ0v) is 7.92. The third-order valence-electron chi connectivity index (χ3n) is 1.92. The van der Waals surface area contributed by atoms with Gasteiger partial charge in [0.25, 0.3) is 0 Å². The second kappa shape index (κ2) is 3.85. The van der Waals surface area contributed by atoms with Crippen LogP contribution in [0.1, 0.15) is 5.69 Å². The van der Waals surface area contributed by atoms with E-state index in [0.29, 0.717) is 19.7 Å². The average molecular weight is 198 g/mol. The van der Waals surface area contributed by atoms with Gasteiger partial charge in [0.05, 0.1) is 24.4 Å². The molecule has 1 aromatic rings. The maximum absolute atomic E-state index is 11.3. The Morgan fingerprint density at radius 2 is 2.62 bits per heavy atom. The van der Waals surface area contributed by atoms with Crippen molar-refractivity contribution in [2.75, 3.05) is 19.8 Å². The van der Waals surface area contributed by atoms with Gasteiger partial charge in [0, 0.05) is 11.9 Å². The molecule has 0 radical (unpaired) electrons. The molecule has 1 aliphatic rings. The van der Waals surface area contributed by atoms with Gasteiger partial charge in [0.15, 0.2) is 0 Å². The molecule has 5 heteroatoms. The Morgan fingerprint density at radius 1 is 1.69 bits per heavy atom. The van der Waals surface area contributed by atoms with E-state index in [1.165, 1.54) is 0 Å². The molecule has 13 heavy (non-hydrogen) atoms. The summed E-state index contributed by atoms with van der Waals surface area (Å²) in [6.45, 7) is 2.14. The van der Waals surface area contributed by atoms with Crippen molar-refractivity contribution in [1.29, 1.82) is 0 Å². The highest BCUT2D eigenvalue weighted by Crippen LogP contribution is 2.07. The zero-order valence-electron chi connectivity index (χ0n) is 7.10. The highest BCUT2D eigenvalue weighted by atomic mass is 32.1. The van der Waals surface area contributed by atoms with E-state index in [-0.39, 0.29) is 12.5 Å². The maximum Gasteiger partial charge on any atom is 0.249 e. The number of amides is 1. The molecule has 1 fully saturated rings. The Hall–Kier alpha value is -0.940. The van der Waals surface area contributed by atoms with Crippen LogP contribution in [0.25, 0.3) is 0 Å². The molecule has 1 aliphatic heterocycles. The Kier molecular flexibility index (Phi) is 2.56. The number of carbonyl (C=O) groups excluding carboxylic acids is 1. The van der Waals surface area contributed by atoms with Gasteiger partial charge in [0.2, 0.25) is 5.91 Å². The fourth-order valence-electron chi connectivity index (χ4n) is 1.23. The molecule has 4 nitrogen and oxygen atoms in total. The van der Waals surface area contributed by atoms with E-state index in [9.17, 15) is 4.79 Å². The molecule has 0 aliphatic carbocycles. The lowest BCUT2D eigenvalue weighted by Crippen LogP contribution is -2.40. The molecule has 0 aromatic carbocycles. The Morgan fingerprint density at radius 3 is 3.31 bits per heavy atom. The fraction of sp³-hybridized carbons (Fsp3) is 0.500. The smallest absolute Gasteiger partial charge is 0.249 e. The highest BCUT2D eigenvalue weighted by molar-refractivity contribution is 7.07. The summed E-state index contributed by atoms with van der Waals surface area (Å²) in [6, 6.07) is 0. The standard InChI is InChI=1S/C8H10N2O2S/c11-8-4-12-2-1-10(8)3-7-5-13-6-9-7/h5-6H,1-4H2. The molecule has 70 valence electrons. The largest absolute Gasteiger partial charge is 0.370 e. The minimum Gasteiger partial charge on any atom is -0.370 e. The summed E-state index contributed by atoms with van der Waals surface area (Å²) in [5.41, 5.74) is 2.74. The molecule has 1 aromatic heterocycles. The first-order chi connectivity index (χ1) is 6.36. The van der Waals surface area contributed by atoms with Crippen LogP contribution < -0.4 is 0 Å². The molecule has 0 atom stereocenters. The Labute approximate surface area is 80.1 Å². The number of thiazole rings is 1.